The molecule has 4 heterocycles. The highest BCUT2D eigenvalue weighted by Gasteiger charge is 2.21. The van der Waals surface area contributed by atoms with Gasteiger partial charge in [0.25, 0.3) is 0 Å². The van der Waals surface area contributed by atoms with E-state index in [0.29, 0.717) is 34.6 Å². The van der Waals surface area contributed by atoms with Gasteiger partial charge in [0, 0.05) is 61.7 Å². The van der Waals surface area contributed by atoms with Crippen LogP contribution in [0.25, 0.3) is 27.9 Å². The molecule has 32 heavy (non-hydrogen) atoms. The number of allylic oxidation sites excluding steroid dienone is 1. The zero-order valence-electron chi connectivity index (χ0n) is 17.6. The van der Waals surface area contributed by atoms with Crippen molar-refractivity contribution in [3.63, 3.8) is 0 Å². The largest absolute Gasteiger partial charge is 0.393 e. The minimum Gasteiger partial charge on any atom is -0.393 e. The van der Waals surface area contributed by atoms with Gasteiger partial charge in [0.05, 0.1) is 24.3 Å². The van der Waals surface area contributed by atoms with Crippen molar-refractivity contribution in [2.75, 3.05) is 25.5 Å². The van der Waals surface area contributed by atoms with Gasteiger partial charge in [-0.1, -0.05) is 0 Å². The topological polar surface area (TPSA) is 113 Å². The molecule has 11 heteroatoms. The highest BCUT2D eigenvalue weighted by molar-refractivity contribution is 6.11. The molecule has 10 nitrogen and oxygen atoms in total. The van der Waals surface area contributed by atoms with Gasteiger partial charge in [0.1, 0.15) is 35.8 Å². The van der Waals surface area contributed by atoms with E-state index in [1.807, 2.05) is 10.7 Å². The molecule has 0 atom stereocenters. The van der Waals surface area contributed by atoms with Crippen LogP contribution in [0.3, 0.4) is 0 Å². The molecule has 1 aliphatic rings. The molecule has 162 valence electrons. The van der Waals surface area contributed by atoms with E-state index in [1.54, 1.807) is 38.9 Å². The first kappa shape index (κ1) is 19.8. The lowest BCUT2D eigenvalue weighted by Crippen LogP contribution is -2.34. The SMILES string of the molecule is C/N=C\C(=C/NC)c1cc2c(-c3cc(N4CCn5ncnc5C4)ncn3)n[nH]c2cc1F. The zero-order valence-corrected chi connectivity index (χ0v) is 17.6. The first-order chi connectivity index (χ1) is 15.7. The number of halogens is 1. The zero-order chi connectivity index (χ0) is 22.1. The number of anilines is 1. The van der Waals surface area contributed by atoms with Crippen molar-refractivity contribution in [1.82, 2.24) is 40.2 Å². The summed E-state index contributed by atoms with van der Waals surface area (Å²) in [5, 5.41) is 15.2. The van der Waals surface area contributed by atoms with Gasteiger partial charge in [-0.2, -0.15) is 10.2 Å². The Balaban J connectivity index is 1.55. The Labute approximate surface area is 182 Å². The Bertz CT molecular complexity index is 1340. The summed E-state index contributed by atoms with van der Waals surface area (Å²) in [6.07, 6.45) is 6.40. The van der Waals surface area contributed by atoms with Crippen LogP contribution in [0.15, 0.2) is 42.0 Å². The second kappa shape index (κ2) is 8.17. The van der Waals surface area contributed by atoms with E-state index in [9.17, 15) is 4.39 Å². The van der Waals surface area contributed by atoms with Gasteiger partial charge in [-0.3, -0.25) is 10.1 Å². The van der Waals surface area contributed by atoms with Gasteiger partial charge in [0.2, 0.25) is 0 Å². The maximum atomic E-state index is 14.8. The van der Waals surface area contributed by atoms with Crippen LogP contribution in [-0.4, -0.2) is 61.8 Å². The van der Waals surface area contributed by atoms with Gasteiger partial charge in [-0.05, 0) is 6.07 Å². The third-order valence-corrected chi connectivity index (χ3v) is 5.36. The predicted molar refractivity (Wildman–Crippen MR) is 120 cm³/mol. The van der Waals surface area contributed by atoms with E-state index in [0.717, 1.165) is 30.1 Å². The van der Waals surface area contributed by atoms with Gasteiger partial charge in [-0.15, -0.1) is 0 Å². The lowest BCUT2D eigenvalue weighted by atomic mass is 10.0. The molecule has 0 amide bonds. The highest BCUT2D eigenvalue weighted by Crippen LogP contribution is 2.31. The summed E-state index contributed by atoms with van der Waals surface area (Å²) in [7, 11) is 3.41. The second-order valence-corrected chi connectivity index (χ2v) is 7.31. The molecule has 0 radical (unpaired) electrons. The molecular weight excluding hydrogens is 411 g/mol. The molecule has 0 unspecified atom stereocenters. The lowest BCUT2D eigenvalue weighted by molar-refractivity contribution is 0.510. The number of benzene rings is 1. The third kappa shape index (κ3) is 3.47. The summed E-state index contributed by atoms with van der Waals surface area (Å²) in [5.41, 5.74) is 2.91. The lowest BCUT2D eigenvalue weighted by Gasteiger charge is -2.27. The van der Waals surface area contributed by atoms with Crippen LogP contribution in [0.5, 0.6) is 0 Å². The number of H-pyrrole nitrogens is 1. The van der Waals surface area contributed by atoms with E-state index in [2.05, 4.69) is 45.5 Å². The van der Waals surface area contributed by atoms with Gasteiger partial charge < -0.3 is 10.2 Å². The molecule has 3 aromatic heterocycles. The summed E-state index contributed by atoms with van der Waals surface area (Å²) in [4.78, 5) is 19.3. The van der Waals surface area contributed by atoms with E-state index in [1.165, 1.54) is 12.4 Å². The maximum absolute atomic E-state index is 14.8. The number of aromatic amines is 1. The Morgan fingerprint density at radius 1 is 1.19 bits per heavy atom. The minimum absolute atomic E-state index is 0.366. The summed E-state index contributed by atoms with van der Waals surface area (Å²) < 4.78 is 16.7. The molecule has 1 aromatic carbocycles. The first-order valence-electron chi connectivity index (χ1n) is 10.1. The number of hydrogen-bond acceptors (Lipinski definition) is 8. The number of aromatic nitrogens is 7. The highest BCUT2D eigenvalue weighted by atomic mass is 19.1. The molecule has 1 aliphatic heterocycles. The maximum Gasteiger partial charge on any atom is 0.146 e. The average molecular weight is 432 g/mol. The number of nitrogens with zero attached hydrogens (tertiary/aromatic N) is 8. The number of fused-ring (bicyclic) bond motifs is 2. The fraction of sp³-hybridized carbons (Fsp3) is 0.238. The minimum atomic E-state index is -0.366. The summed E-state index contributed by atoms with van der Waals surface area (Å²) >= 11 is 0. The van der Waals surface area contributed by atoms with Crippen molar-refractivity contribution in [3.05, 3.63) is 54.3 Å². The molecule has 0 bridgehead atoms. The molecule has 0 spiro atoms. The van der Waals surface area contributed by atoms with Crippen molar-refractivity contribution in [1.29, 1.82) is 0 Å². The average Bonchev–Trinajstić information content (AvgIpc) is 3.44. The first-order valence-corrected chi connectivity index (χ1v) is 10.1. The van der Waals surface area contributed by atoms with Crippen molar-refractivity contribution in [2.45, 2.75) is 13.1 Å². The molecule has 0 fully saturated rings. The quantitative estimate of drug-likeness (QED) is 0.464. The van der Waals surface area contributed by atoms with Crippen LogP contribution in [0.4, 0.5) is 10.2 Å². The van der Waals surface area contributed by atoms with Gasteiger partial charge in [0.15, 0.2) is 0 Å². The molecule has 0 saturated carbocycles. The molecule has 0 saturated heterocycles. The van der Waals surface area contributed by atoms with E-state index in [-0.39, 0.29) is 5.82 Å². The predicted octanol–water partition coefficient (Wildman–Crippen LogP) is 2.03. The molecule has 5 rings (SSSR count). The van der Waals surface area contributed by atoms with E-state index < -0.39 is 0 Å². The van der Waals surface area contributed by atoms with E-state index in [4.69, 9.17) is 0 Å². The third-order valence-electron chi connectivity index (χ3n) is 5.36. The van der Waals surface area contributed by atoms with E-state index >= 15 is 0 Å². The Morgan fingerprint density at radius 2 is 2.09 bits per heavy atom. The Morgan fingerprint density at radius 3 is 2.94 bits per heavy atom. The molecular formula is C21H21FN10. The van der Waals surface area contributed by atoms with Crippen LogP contribution < -0.4 is 10.2 Å². The van der Waals surface area contributed by atoms with Crippen LogP contribution >= 0.6 is 0 Å². The van der Waals surface area contributed by atoms with Crippen molar-refractivity contribution < 1.29 is 4.39 Å². The molecule has 2 N–H and O–H groups in total. The monoisotopic (exact) mass is 432 g/mol. The summed E-state index contributed by atoms with van der Waals surface area (Å²) in [6, 6.07) is 5.09. The smallest absolute Gasteiger partial charge is 0.146 e. The number of aliphatic imine (C=N–C) groups is 1. The van der Waals surface area contributed by atoms with Crippen LogP contribution in [-0.2, 0) is 13.1 Å². The standard InChI is InChI=1S/C21H21FN10/c1-23-8-13(9-24-2)14-5-15-17(6-16(14)22)29-30-21(15)18-7-19(26-11-25-18)31-3-4-32-20(10-31)27-12-28-32/h5-9,11-12,23H,3-4,10H2,1-2H3,(H,29,30)/b13-8+,24-9-. The van der Waals surface area contributed by atoms with Gasteiger partial charge >= 0.3 is 0 Å². The van der Waals surface area contributed by atoms with Crippen LogP contribution in [0.1, 0.15) is 11.4 Å². The summed E-state index contributed by atoms with van der Waals surface area (Å²) in [5.74, 6) is 1.30. The number of nitrogens with one attached hydrogen (secondary N) is 2. The molecule has 4 aromatic rings. The second-order valence-electron chi connectivity index (χ2n) is 7.31. The summed E-state index contributed by atoms with van der Waals surface area (Å²) in [6.45, 7) is 2.11. The number of hydrogen-bond donors (Lipinski definition) is 2. The fourth-order valence-corrected chi connectivity index (χ4v) is 3.84. The van der Waals surface area contributed by atoms with Crippen molar-refractivity contribution >= 4 is 28.5 Å². The van der Waals surface area contributed by atoms with Gasteiger partial charge in [-0.25, -0.2) is 24.0 Å². The van der Waals surface area contributed by atoms with Crippen LogP contribution in [0.2, 0.25) is 0 Å². The fourth-order valence-electron chi connectivity index (χ4n) is 3.84. The Kier molecular flexibility index (Phi) is 5.06. The van der Waals surface area contributed by atoms with Crippen molar-refractivity contribution in [3.8, 4) is 11.4 Å². The normalized spacial score (nSPS) is 14.3. The number of rotatable bonds is 5. The van der Waals surface area contributed by atoms with Crippen molar-refractivity contribution in [2.24, 2.45) is 4.99 Å². The molecule has 0 aliphatic carbocycles. The Hall–Kier alpha value is -4.15. The van der Waals surface area contributed by atoms with Crippen LogP contribution in [0, 0.1) is 5.82 Å².